The monoisotopic (exact) mass is 886 g/mol. The molecule has 4 aromatic heterocycles. The predicted molar refractivity (Wildman–Crippen MR) is 212 cm³/mol. The van der Waals surface area contributed by atoms with Gasteiger partial charge in [0.15, 0.2) is 0 Å². The van der Waals surface area contributed by atoms with Gasteiger partial charge in [-0.1, -0.05) is 0 Å². The molecule has 0 bridgehead atoms. The van der Waals surface area contributed by atoms with Crippen molar-refractivity contribution in [2.75, 3.05) is 13.2 Å². The molecule has 2 nitrogen and oxygen atoms in total. The summed E-state index contributed by atoms with van der Waals surface area (Å²) in [4.78, 5) is 15.3. The molecule has 44 heavy (non-hydrogen) atoms. The first-order chi connectivity index (χ1) is 20.9. The van der Waals surface area contributed by atoms with Crippen molar-refractivity contribution in [2.24, 2.45) is 11.8 Å². The van der Waals surface area contributed by atoms with Crippen LogP contribution in [-0.4, -0.2) is 50.0 Å². The third-order valence-electron chi connectivity index (χ3n) is 9.09. The molecule has 0 saturated carbocycles. The van der Waals surface area contributed by atoms with E-state index < -0.39 is 36.8 Å². The van der Waals surface area contributed by atoms with Crippen LogP contribution in [0.25, 0.3) is 39.0 Å². The predicted octanol–water partition coefficient (Wildman–Crippen LogP) is 12.8. The van der Waals surface area contributed by atoms with Gasteiger partial charge >= 0.3 is 294 Å². The Morgan fingerprint density at radius 3 is 1.27 bits per heavy atom. The number of benzene rings is 1. The van der Waals surface area contributed by atoms with Gasteiger partial charge in [-0.2, -0.15) is 0 Å². The summed E-state index contributed by atoms with van der Waals surface area (Å²) in [6, 6.07) is 5.09. The van der Waals surface area contributed by atoms with Crippen molar-refractivity contribution in [3.8, 4) is 11.5 Å². The van der Waals surface area contributed by atoms with E-state index in [-0.39, 0.29) is 0 Å². The van der Waals surface area contributed by atoms with E-state index in [1.54, 1.807) is 5.79 Å². The minimum absolute atomic E-state index is 0.598. The zero-order valence-corrected chi connectivity index (χ0v) is 37.8. The summed E-state index contributed by atoms with van der Waals surface area (Å²) in [5.41, 5.74) is 0. The number of fused-ring (bicyclic) bond motifs is 6. The Balaban J connectivity index is 1.77. The Hall–Kier alpha value is 0.257. The van der Waals surface area contributed by atoms with Gasteiger partial charge < -0.3 is 0 Å². The molecular formula is C36H54O2S4Sn2. The molecule has 5 rings (SSSR count). The SMILES string of the molecule is CCCCC(CC)COc1c2sc3c[c]([Sn]([CH3])([CH3])[CH3])sc3c2c(OCC(CC)CCCC)c2sc3c[c]([Sn]([CH3])([CH3])[CH3])sc3c12. The van der Waals surface area contributed by atoms with E-state index in [0.29, 0.717) is 11.8 Å². The first kappa shape index (κ1) is 35.6. The van der Waals surface area contributed by atoms with Crippen molar-refractivity contribution in [1.29, 1.82) is 0 Å². The molecule has 2 unspecified atom stereocenters. The second-order valence-electron chi connectivity index (χ2n) is 14.8. The summed E-state index contributed by atoms with van der Waals surface area (Å²) in [5, 5.41) is 2.69. The summed E-state index contributed by atoms with van der Waals surface area (Å²) in [7, 11) is 0. The summed E-state index contributed by atoms with van der Waals surface area (Å²) >= 11 is 3.60. The Bertz CT molecular complexity index is 1580. The molecule has 0 fully saturated rings. The normalized spacial score (nSPS) is 14.4. The van der Waals surface area contributed by atoms with Gasteiger partial charge in [0.2, 0.25) is 0 Å². The summed E-state index contributed by atoms with van der Waals surface area (Å²) < 4.78 is 25.9. The van der Waals surface area contributed by atoms with Crippen LogP contribution in [0.15, 0.2) is 12.1 Å². The standard InChI is InChI=1S/C30H36O2S4.6CH3.2Sn/c1-5-9-11-19(7-3)17-31-25-23-27-21(13-15-33-27)36-30(23)26(32-18-20(8-4)12-10-6-2)24-28-22(14-16-34-28)35-29(24)25;;;;;;;;/h13-14,19-20H,5-12,17-18H2,1-4H3;6*1H3;;. The number of hydrogen-bond donors (Lipinski definition) is 0. The molecule has 0 N–H and O–H groups in total. The Kier molecular flexibility index (Phi) is 12.0. The Morgan fingerprint density at radius 1 is 0.568 bits per heavy atom. The van der Waals surface area contributed by atoms with Crippen molar-refractivity contribution in [1.82, 2.24) is 0 Å². The van der Waals surface area contributed by atoms with Gasteiger partial charge in [-0.25, -0.2) is 0 Å². The Morgan fingerprint density at radius 2 is 0.955 bits per heavy atom. The summed E-state index contributed by atoms with van der Waals surface area (Å²) in [6.07, 6.45) is 9.90. The first-order valence-electron chi connectivity index (χ1n) is 17.1. The second kappa shape index (κ2) is 14.8. The quantitative estimate of drug-likeness (QED) is 0.0919. The molecule has 0 aliphatic heterocycles. The second-order valence-corrected chi connectivity index (χ2v) is 49.9. The first-order valence-corrected chi connectivity index (χ1v) is 40.3. The van der Waals surface area contributed by atoms with Crippen LogP contribution in [0.1, 0.15) is 79.1 Å². The molecule has 0 amide bonds. The fourth-order valence-corrected chi connectivity index (χ4v) is 22.2. The van der Waals surface area contributed by atoms with Crippen molar-refractivity contribution in [2.45, 2.75) is 109 Å². The minimum atomic E-state index is -2.23. The van der Waals surface area contributed by atoms with Gasteiger partial charge in [-0.15, -0.1) is 0 Å². The summed E-state index contributed by atoms with van der Waals surface area (Å²) in [5.74, 6) is 3.49. The topological polar surface area (TPSA) is 18.5 Å². The van der Waals surface area contributed by atoms with E-state index in [0.717, 1.165) is 24.7 Å². The third kappa shape index (κ3) is 7.45. The summed E-state index contributed by atoms with van der Waals surface area (Å²) in [6.45, 7) is 10.9. The molecule has 4 heterocycles. The fraction of sp³-hybridized carbons (Fsp3) is 0.611. The van der Waals surface area contributed by atoms with E-state index in [1.807, 2.05) is 22.7 Å². The molecule has 0 radical (unpaired) electrons. The van der Waals surface area contributed by atoms with Crippen LogP contribution in [-0.2, 0) is 0 Å². The zero-order valence-electron chi connectivity index (χ0n) is 28.8. The van der Waals surface area contributed by atoms with E-state index >= 15 is 0 Å². The number of ether oxygens (including phenoxy) is 2. The van der Waals surface area contributed by atoms with Crippen LogP contribution in [0.3, 0.4) is 0 Å². The van der Waals surface area contributed by atoms with Crippen LogP contribution in [0.5, 0.6) is 11.5 Å². The van der Waals surface area contributed by atoms with Crippen LogP contribution < -0.4 is 15.3 Å². The number of hydrogen-bond acceptors (Lipinski definition) is 6. The van der Waals surface area contributed by atoms with E-state index in [9.17, 15) is 0 Å². The number of unbranched alkanes of at least 4 members (excludes halogenated alkanes) is 2. The van der Waals surface area contributed by atoms with Gasteiger partial charge in [0, 0.05) is 0 Å². The zero-order chi connectivity index (χ0) is 31.8. The van der Waals surface area contributed by atoms with E-state index in [4.69, 9.17) is 9.47 Å². The van der Waals surface area contributed by atoms with Crippen molar-refractivity contribution < 1.29 is 9.47 Å². The van der Waals surface area contributed by atoms with Crippen LogP contribution in [0, 0.1) is 11.8 Å². The molecule has 0 spiro atoms. The molecule has 0 aliphatic carbocycles. The van der Waals surface area contributed by atoms with E-state index in [2.05, 4.69) is 92.1 Å². The van der Waals surface area contributed by atoms with Gasteiger partial charge in [0.05, 0.1) is 0 Å². The number of thiophene rings is 4. The van der Waals surface area contributed by atoms with Crippen molar-refractivity contribution in [3.05, 3.63) is 12.1 Å². The molecule has 1 aromatic carbocycles. The Labute approximate surface area is 290 Å². The average molecular weight is 885 g/mol. The maximum atomic E-state index is 7.10. The maximum absolute atomic E-state index is 7.10. The van der Waals surface area contributed by atoms with Gasteiger partial charge in [0.1, 0.15) is 0 Å². The van der Waals surface area contributed by atoms with E-state index in [1.165, 1.54) is 90.3 Å². The fourth-order valence-electron chi connectivity index (χ4n) is 5.95. The van der Waals surface area contributed by atoms with Crippen molar-refractivity contribution >= 4 is 127 Å². The van der Waals surface area contributed by atoms with Crippen LogP contribution >= 0.6 is 45.3 Å². The molecule has 0 saturated heterocycles. The molecule has 0 aliphatic rings. The van der Waals surface area contributed by atoms with Crippen LogP contribution in [0.2, 0.25) is 29.6 Å². The van der Waals surface area contributed by atoms with Gasteiger partial charge in [0.25, 0.3) is 0 Å². The third-order valence-corrected chi connectivity index (χ3v) is 32.8. The van der Waals surface area contributed by atoms with Gasteiger partial charge in [-0.3, -0.25) is 0 Å². The van der Waals surface area contributed by atoms with Gasteiger partial charge in [-0.05, 0) is 0 Å². The van der Waals surface area contributed by atoms with Crippen molar-refractivity contribution in [3.63, 3.8) is 0 Å². The molecule has 5 aromatic rings. The molecule has 2 atom stereocenters. The molecule has 8 heteroatoms. The number of rotatable bonds is 16. The van der Waals surface area contributed by atoms with Crippen LogP contribution in [0.4, 0.5) is 0 Å². The molecule has 242 valence electrons. The molecular weight excluding hydrogens is 830 g/mol. The average Bonchev–Trinajstić information content (AvgIpc) is 3.72.